The van der Waals surface area contributed by atoms with Crippen LogP contribution in [0.1, 0.15) is 27.7 Å². The van der Waals surface area contributed by atoms with Crippen molar-refractivity contribution in [2.45, 2.75) is 43.9 Å². The van der Waals surface area contributed by atoms with E-state index >= 15 is 0 Å². The molecule has 12 heavy (non-hydrogen) atoms. The molecule has 0 aromatic heterocycles. The first-order chi connectivity index (χ1) is 5.47. The predicted octanol–water partition coefficient (Wildman–Crippen LogP) is 1.98. The fraction of sp³-hybridized carbons (Fsp3) is 0.889. The summed E-state index contributed by atoms with van der Waals surface area (Å²) in [5.41, 5.74) is 0. The van der Waals surface area contributed by atoms with Gasteiger partial charge in [0, 0.05) is 4.75 Å². The molecule has 1 saturated heterocycles. The minimum atomic E-state index is -0.00472. The molecule has 0 bridgehead atoms. The first-order valence-electron chi connectivity index (χ1n) is 4.31. The maximum atomic E-state index is 8.88. The summed E-state index contributed by atoms with van der Waals surface area (Å²) in [4.78, 5) is 0. The summed E-state index contributed by atoms with van der Waals surface area (Å²) in [5.74, 6) is 0.590. The lowest BCUT2D eigenvalue weighted by molar-refractivity contribution is 0.479. The van der Waals surface area contributed by atoms with Gasteiger partial charge in [-0.3, -0.25) is 5.32 Å². The second kappa shape index (κ2) is 3.27. The normalized spacial score (nSPS) is 33.7. The van der Waals surface area contributed by atoms with Crippen molar-refractivity contribution < 1.29 is 0 Å². The Balaban J connectivity index is 2.68. The lowest BCUT2D eigenvalue weighted by Gasteiger charge is -2.19. The third-order valence-electron chi connectivity index (χ3n) is 2.19. The molecule has 0 spiro atoms. The van der Waals surface area contributed by atoms with Crippen molar-refractivity contribution >= 4 is 11.8 Å². The monoisotopic (exact) mass is 184 g/mol. The van der Waals surface area contributed by atoms with E-state index in [-0.39, 0.29) is 10.8 Å². The zero-order valence-electron chi connectivity index (χ0n) is 8.09. The van der Waals surface area contributed by atoms with Crippen molar-refractivity contribution in [3.05, 3.63) is 0 Å². The van der Waals surface area contributed by atoms with E-state index in [2.05, 4.69) is 39.1 Å². The SMILES string of the molecule is CC(C)[C@@H]1N[C@@H](C#N)C(C)(C)S1. The van der Waals surface area contributed by atoms with Gasteiger partial charge in [-0.15, -0.1) is 11.8 Å². The van der Waals surface area contributed by atoms with E-state index in [9.17, 15) is 0 Å². The van der Waals surface area contributed by atoms with Crippen LogP contribution in [0.2, 0.25) is 0 Å². The van der Waals surface area contributed by atoms with Crippen LogP contribution in [0, 0.1) is 17.2 Å². The van der Waals surface area contributed by atoms with Gasteiger partial charge in [0.05, 0.1) is 11.4 Å². The zero-order valence-corrected chi connectivity index (χ0v) is 8.90. The highest BCUT2D eigenvalue weighted by Crippen LogP contribution is 2.39. The lowest BCUT2D eigenvalue weighted by Crippen LogP contribution is -2.37. The second-order valence-corrected chi connectivity index (χ2v) is 5.91. The van der Waals surface area contributed by atoms with Crippen LogP contribution >= 0.6 is 11.8 Å². The Morgan fingerprint density at radius 3 is 2.33 bits per heavy atom. The molecule has 3 heteroatoms. The molecule has 2 atom stereocenters. The van der Waals surface area contributed by atoms with Gasteiger partial charge < -0.3 is 0 Å². The van der Waals surface area contributed by atoms with E-state index in [4.69, 9.17) is 5.26 Å². The fourth-order valence-corrected chi connectivity index (χ4v) is 2.70. The standard InChI is InChI=1S/C9H16N2S/c1-6(2)8-11-7(5-10)9(3,4)12-8/h6-8,11H,1-4H3/t7-,8+/m0/s1. The summed E-state index contributed by atoms with van der Waals surface area (Å²) in [7, 11) is 0. The molecule has 1 N–H and O–H groups in total. The summed E-state index contributed by atoms with van der Waals surface area (Å²) < 4.78 is 0.0592. The maximum absolute atomic E-state index is 8.88. The van der Waals surface area contributed by atoms with Crippen LogP contribution in [-0.2, 0) is 0 Å². The molecular weight excluding hydrogens is 168 g/mol. The minimum absolute atomic E-state index is 0.00472. The third kappa shape index (κ3) is 1.75. The van der Waals surface area contributed by atoms with Crippen LogP contribution in [0.25, 0.3) is 0 Å². The van der Waals surface area contributed by atoms with Crippen LogP contribution < -0.4 is 5.32 Å². The fourth-order valence-electron chi connectivity index (χ4n) is 1.32. The summed E-state index contributed by atoms with van der Waals surface area (Å²) in [6.45, 7) is 8.61. The minimum Gasteiger partial charge on any atom is -0.289 e. The summed E-state index contributed by atoms with van der Waals surface area (Å²) in [6.07, 6.45) is 0. The highest BCUT2D eigenvalue weighted by atomic mass is 32.2. The molecule has 1 aliphatic heterocycles. The predicted molar refractivity (Wildman–Crippen MR) is 52.8 cm³/mol. The van der Waals surface area contributed by atoms with Gasteiger partial charge in [-0.25, -0.2) is 0 Å². The van der Waals surface area contributed by atoms with E-state index in [0.29, 0.717) is 11.3 Å². The Bertz CT molecular complexity index is 205. The molecule has 1 aliphatic rings. The van der Waals surface area contributed by atoms with Gasteiger partial charge in [0.2, 0.25) is 0 Å². The number of rotatable bonds is 1. The highest BCUT2D eigenvalue weighted by molar-refractivity contribution is 8.01. The molecule has 0 amide bonds. The first-order valence-corrected chi connectivity index (χ1v) is 5.19. The molecule has 0 radical (unpaired) electrons. The van der Waals surface area contributed by atoms with Gasteiger partial charge in [0.15, 0.2) is 0 Å². The van der Waals surface area contributed by atoms with Gasteiger partial charge in [-0.05, 0) is 19.8 Å². The maximum Gasteiger partial charge on any atom is 0.110 e. The molecule has 1 heterocycles. The van der Waals surface area contributed by atoms with E-state index in [1.165, 1.54) is 0 Å². The molecule has 0 aromatic carbocycles. The summed E-state index contributed by atoms with van der Waals surface area (Å²) in [6, 6.07) is 2.30. The van der Waals surface area contributed by atoms with Crippen LogP contribution in [-0.4, -0.2) is 16.2 Å². The van der Waals surface area contributed by atoms with Crippen molar-refractivity contribution in [3.63, 3.8) is 0 Å². The summed E-state index contributed by atoms with van der Waals surface area (Å²) >= 11 is 1.87. The van der Waals surface area contributed by atoms with Gasteiger partial charge in [-0.2, -0.15) is 5.26 Å². The molecule has 0 saturated carbocycles. The topological polar surface area (TPSA) is 35.8 Å². The van der Waals surface area contributed by atoms with E-state index < -0.39 is 0 Å². The highest BCUT2D eigenvalue weighted by Gasteiger charge is 2.41. The van der Waals surface area contributed by atoms with Crippen LogP contribution in [0.4, 0.5) is 0 Å². The van der Waals surface area contributed by atoms with Crippen molar-refractivity contribution in [2.24, 2.45) is 5.92 Å². The number of hydrogen-bond acceptors (Lipinski definition) is 3. The van der Waals surface area contributed by atoms with Crippen molar-refractivity contribution in [1.29, 1.82) is 5.26 Å². The van der Waals surface area contributed by atoms with Gasteiger partial charge in [0.25, 0.3) is 0 Å². The Morgan fingerprint density at radius 2 is 2.08 bits per heavy atom. The number of hydrogen-bond donors (Lipinski definition) is 1. The lowest BCUT2D eigenvalue weighted by atomic mass is 10.0. The number of nitrogens with one attached hydrogen (secondary N) is 1. The number of nitriles is 1. The molecule has 0 aromatic rings. The van der Waals surface area contributed by atoms with Gasteiger partial charge in [0.1, 0.15) is 6.04 Å². The second-order valence-electron chi connectivity index (χ2n) is 4.11. The van der Waals surface area contributed by atoms with Crippen LogP contribution in [0.5, 0.6) is 0 Å². The first kappa shape index (κ1) is 9.88. The molecule has 1 rings (SSSR count). The molecule has 68 valence electrons. The molecule has 0 unspecified atom stereocenters. The van der Waals surface area contributed by atoms with E-state index in [0.717, 1.165) is 0 Å². The average Bonchev–Trinajstić information content (AvgIpc) is 2.25. The molecule has 2 nitrogen and oxygen atoms in total. The van der Waals surface area contributed by atoms with Gasteiger partial charge in [-0.1, -0.05) is 13.8 Å². The number of nitrogens with zero attached hydrogens (tertiary/aromatic N) is 1. The smallest absolute Gasteiger partial charge is 0.110 e. The van der Waals surface area contributed by atoms with Crippen LogP contribution in [0.3, 0.4) is 0 Å². The van der Waals surface area contributed by atoms with Crippen molar-refractivity contribution in [2.75, 3.05) is 0 Å². The Kier molecular flexibility index (Phi) is 2.70. The molecule has 1 fully saturated rings. The summed E-state index contributed by atoms with van der Waals surface area (Å²) in [5, 5.41) is 12.6. The van der Waals surface area contributed by atoms with Gasteiger partial charge >= 0.3 is 0 Å². The number of thioether (sulfide) groups is 1. The zero-order chi connectivity index (χ0) is 9.35. The Morgan fingerprint density at radius 1 is 1.50 bits per heavy atom. The third-order valence-corrected chi connectivity index (χ3v) is 3.97. The van der Waals surface area contributed by atoms with Crippen molar-refractivity contribution in [1.82, 2.24) is 5.32 Å². The van der Waals surface area contributed by atoms with Crippen molar-refractivity contribution in [3.8, 4) is 6.07 Å². The van der Waals surface area contributed by atoms with Crippen LogP contribution in [0.15, 0.2) is 0 Å². The quantitative estimate of drug-likeness (QED) is 0.677. The average molecular weight is 184 g/mol. The Hall–Kier alpha value is -0.200. The Labute approximate surface area is 78.7 Å². The largest absolute Gasteiger partial charge is 0.289 e. The van der Waals surface area contributed by atoms with E-state index in [1.54, 1.807) is 0 Å². The van der Waals surface area contributed by atoms with E-state index in [1.807, 2.05) is 11.8 Å². The molecular formula is C9H16N2S. The molecule has 0 aliphatic carbocycles.